The fourth-order valence-electron chi connectivity index (χ4n) is 7.00. The molecule has 0 bridgehead atoms. The number of para-hydroxylation sites is 1. The minimum Gasteiger partial charge on any atom is -0.459 e. The maximum Gasteiger partial charge on any atom is 0.328 e. The number of rotatable bonds is 10. The van der Waals surface area contributed by atoms with Crippen molar-refractivity contribution >= 4 is 22.7 Å². The van der Waals surface area contributed by atoms with Crippen LogP contribution in [0.1, 0.15) is 88.2 Å². The Bertz CT molecular complexity index is 1460. The molecule has 1 aromatic carbocycles. The number of carbonyl (C=O) groups is 1. The van der Waals surface area contributed by atoms with E-state index < -0.39 is 17.6 Å². The highest BCUT2D eigenvalue weighted by atomic mass is 19.3. The second-order valence-electron chi connectivity index (χ2n) is 13.7. The number of anilines is 1. The lowest BCUT2D eigenvalue weighted by Crippen LogP contribution is -2.38. The Hall–Kier alpha value is -3.11. The number of aromatic nitrogens is 3. The van der Waals surface area contributed by atoms with E-state index in [9.17, 15) is 4.79 Å². The van der Waals surface area contributed by atoms with Crippen molar-refractivity contribution in [1.82, 2.24) is 19.7 Å². The topological polar surface area (TPSA) is 81.5 Å². The van der Waals surface area contributed by atoms with Crippen LogP contribution in [0.25, 0.3) is 10.9 Å². The summed E-state index contributed by atoms with van der Waals surface area (Å²) in [5.41, 5.74) is 3.07. The van der Waals surface area contributed by atoms with Crippen LogP contribution < -0.4 is 5.32 Å². The van der Waals surface area contributed by atoms with E-state index in [1.807, 2.05) is 60.8 Å². The highest BCUT2D eigenvalue weighted by Gasteiger charge is 2.41. The molecule has 2 fully saturated rings. The van der Waals surface area contributed by atoms with Crippen molar-refractivity contribution in [1.29, 1.82) is 0 Å². The molecule has 3 aromatic rings. The highest BCUT2D eigenvalue weighted by Crippen LogP contribution is 2.39. The lowest BCUT2D eigenvalue weighted by atomic mass is 9.96. The summed E-state index contributed by atoms with van der Waals surface area (Å²) in [7, 11) is 0. The Morgan fingerprint density at radius 3 is 2.86 bits per heavy atom. The molecule has 238 valence electrons. The van der Waals surface area contributed by atoms with Crippen molar-refractivity contribution in [2.24, 2.45) is 5.92 Å². The lowest BCUT2D eigenvalue weighted by molar-refractivity contribution is -0.161. The largest absolute Gasteiger partial charge is 0.459 e. The molecular weight excluding hydrogens is 564 g/mol. The number of likely N-dealkylation sites (tertiary alicyclic amines) is 1. The summed E-state index contributed by atoms with van der Waals surface area (Å²) in [5.74, 6) is -2.45. The van der Waals surface area contributed by atoms with Crippen LogP contribution in [0.4, 0.5) is 14.6 Å². The number of nitrogens with zero attached hydrogens (tertiary/aromatic N) is 4. The molecule has 0 radical (unpaired) electrons. The van der Waals surface area contributed by atoms with Crippen LogP contribution in [-0.2, 0) is 27.1 Å². The molecular formula is C34H45F2N5O3. The zero-order chi connectivity index (χ0) is 30.9. The maximum absolute atomic E-state index is 15.3. The number of fused-ring (bicyclic) bond motifs is 2. The number of carbonyl (C=O) groups excluding carboxylic acids is 1. The van der Waals surface area contributed by atoms with Crippen LogP contribution in [0, 0.1) is 5.92 Å². The molecule has 0 amide bonds. The monoisotopic (exact) mass is 609 g/mol. The van der Waals surface area contributed by atoms with Crippen LogP contribution in [0.3, 0.4) is 0 Å². The number of nitrogens with one attached hydrogen (secondary N) is 1. The summed E-state index contributed by atoms with van der Waals surface area (Å²) in [6, 6.07) is 9.31. The molecule has 2 saturated heterocycles. The first-order valence-electron chi connectivity index (χ1n) is 16.2. The van der Waals surface area contributed by atoms with Gasteiger partial charge in [-0.25, -0.2) is 18.6 Å². The number of halogens is 2. The second kappa shape index (κ2) is 12.7. The Balaban J connectivity index is 1.15. The number of esters is 1. The van der Waals surface area contributed by atoms with E-state index in [0.29, 0.717) is 45.6 Å². The van der Waals surface area contributed by atoms with Gasteiger partial charge < -0.3 is 14.8 Å². The number of hydrogen-bond acceptors (Lipinski definition) is 7. The third-order valence-corrected chi connectivity index (χ3v) is 9.02. The quantitative estimate of drug-likeness (QED) is 0.263. The summed E-state index contributed by atoms with van der Waals surface area (Å²) < 4.78 is 44.2. The van der Waals surface area contributed by atoms with Crippen molar-refractivity contribution < 1.29 is 23.0 Å². The first kappa shape index (κ1) is 30.9. The molecule has 3 aliphatic heterocycles. The van der Waals surface area contributed by atoms with E-state index in [4.69, 9.17) is 9.47 Å². The summed E-state index contributed by atoms with van der Waals surface area (Å²) >= 11 is 0. The summed E-state index contributed by atoms with van der Waals surface area (Å²) in [6.45, 7) is 8.67. The number of alkyl halides is 2. The van der Waals surface area contributed by atoms with Gasteiger partial charge in [0, 0.05) is 49.2 Å². The van der Waals surface area contributed by atoms with Crippen LogP contribution in [0.15, 0.2) is 36.5 Å². The molecule has 0 aliphatic carbocycles. The van der Waals surface area contributed by atoms with Gasteiger partial charge in [-0.2, -0.15) is 5.10 Å². The third-order valence-electron chi connectivity index (χ3n) is 9.02. The van der Waals surface area contributed by atoms with Gasteiger partial charge in [-0.15, -0.1) is 0 Å². The molecule has 3 atom stereocenters. The molecule has 5 heterocycles. The Morgan fingerprint density at radius 2 is 2.07 bits per heavy atom. The van der Waals surface area contributed by atoms with Gasteiger partial charge in [-0.3, -0.25) is 9.58 Å². The van der Waals surface area contributed by atoms with Gasteiger partial charge in [0.15, 0.2) is 0 Å². The summed E-state index contributed by atoms with van der Waals surface area (Å²) in [5, 5.41) is 8.94. The van der Waals surface area contributed by atoms with Gasteiger partial charge in [-0.1, -0.05) is 24.3 Å². The molecule has 6 rings (SSSR count). The summed E-state index contributed by atoms with van der Waals surface area (Å²) in [4.78, 5) is 20.5. The zero-order valence-electron chi connectivity index (χ0n) is 26.2. The molecule has 2 aromatic heterocycles. The summed E-state index contributed by atoms with van der Waals surface area (Å²) in [6.07, 6.45) is 5.94. The van der Waals surface area contributed by atoms with E-state index in [1.165, 1.54) is 5.56 Å². The molecule has 44 heavy (non-hydrogen) atoms. The van der Waals surface area contributed by atoms with Crippen molar-refractivity contribution in [3.05, 3.63) is 53.3 Å². The van der Waals surface area contributed by atoms with E-state index >= 15 is 8.78 Å². The molecule has 8 nitrogen and oxygen atoms in total. The number of pyridine rings is 1. The van der Waals surface area contributed by atoms with Crippen LogP contribution in [-0.4, -0.2) is 70.0 Å². The minimum absolute atomic E-state index is 0.0886. The SMILES string of the molecule is CC(C)(C)OC(=O)C(c1cccc2cnn(C3CCOC3)c12)N1CCC(CC(F)(F)CCCc2ccc3c(n2)NCCC3)C1. The van der Waals surface area contributed by atoms with Crippen molar-refractivity contribution in [2.75, 3.05) is 38.2 Å². The number of benzene rings is 1. The van der Waals surface area contributed by atoms with E-state index in [0.717, 1.165) is 53.8 Å². The average molecular weight is 610 g/mol. The Labute approximate surface area is 258 Å². The smallest absolute Gasteiger partial charge is 0.328 e. The van der Waals surface area contributed by atoms with Crippen molar-refractivity contribution in [3.63, 3.8) is 0 Å². The number of hydrogen-bond donors (Lipinski definition) is 1. The van der Waals surface area contributed by atoms with E-state index in [2.05, 4.69) is 21.5 Å². The first-order valence-corrected chi connectivity index (χ1v) is 16.2. The van der Waals surface area contributed by atoms with Gasteiger partial charge in [0.2, 0.25) is 5.92 Å². The normalized spacial score (nSPS) is 21.8. The first-order chi connectivity index (χ1) is 21.1. The molecule has 3 aliphatic rings. The van der Waals surface area contributed by atoms with Gasteiger partial charge >= 0.3 is 5.97 Å². The van der Waals surface area contributed by atoms with E-state index in [-0.39, 0.29) is 30.8 Å². The van der Waals surface area contributed by atoms with Gasteiger partial charge in [0.25, 0.3) is 0 Å². The van der Waals surface area contributed by atoms with Gasteiger partial charge in [0.05, 0.1) is 24.4 Å². The van der Waals surface area contributed by atoms with Crippen LogP contribution >= 0.6 is 0 Å². The fourth-order valence-corrected chi connectivity index (χ4v) is 7.00. The number of aryl methyl sites for hydroxylation is 2. The Morgan fingerprint density at radius 1 is 1.20 bits per heavy atom. The van der Waals surface area contributed by atoms with Crippen molar-refractivity contribution in [3.8, 4) is 0 Å². The molecule has 0 spiro atoms. The lowest BCUT2D eigenvalue weighted by Gasteiger charge is -2.31. The maximum atomic E-state index is 15.3. The minimum atomic E-state index is -2.78. The predicted octanol–water partition coefficient (Wildman–Crippen LogP) is 6.50. The molecule has 3 unspecified atom stereocenters. The average Bonchev–Trinajstić information content (AvgIpc) is 3.74. The third kappa shape index (κ3) is 7.07. The molecule has 0 saturated carbocycles. The second-order valence-corrected chi connectivity index (χ2v) is 13.7. The predicted molar refractivity (Wildman–Crippen MR) is 166 cm³/mol. The zero-order valence-corrected chi connectivity index (χ0v) is 26.2. The van der Waals surface area contributed by atoms with Crippen LogP contribution in [0.5, 0.6) is 0 Å². The van der Waals surface area contributed by atoms with Gasteiger partial charge in [-0.05, 0) is 83.4 Å². The van der Waals surface area contributed by atoms with Crippen molar-refractivity contribution in [2.45, 2.75) is 95.7 Å². The van der Waals surface area contributed by atoms with Gasteiger partial charge in [0.1, 0.15) is 17.5 Å². The molecule has 1 N–H and O–H groups in total. The number of ether oxygens (including phenoxy) is 2. The van der Waals surface area contributed by atoms with E-state index in [1.54, 1.807) is 0 Å². The van der Waals surface area contributed by atoms with Crippen LogP contribution in [0.2, 0.25) is 0 Å². The fraction of sp³-hybridized carbons (Fsp3) is 0.618. The standard InChI is InChI=1S/C34H45F2N5O3/c1-33(2,3)44-32(42)30(28-10-4-7-25-20-38-41(29(25)28)27-14-18-43-22-27)40-17-13-23(21-40)19-34(35,36)15-5-9-26-12-11-24-8-6-16-37-31(24)39-26/h4,7,10-12,20,23,27,30H,5-6,8-9,13-19,21-22H2,1-3H3,(H,37,39). The molecule has 10 heteroatoms. The Kier molecular flexibility index (Phi) is 8.93. The highest BCUT2D eigenvalue weighted by molar-refractivity contribution is 5.89.